The lowest BCUT2D eigenvalue weighted by molar-refractivity contribution is -0.153. The molecule has 0 aliphatic carbocycles. The first-order valence-corrected chi connectivity index (χ1v) is 6.20. The van der Waals surface area contributed by atoms with Crippen LogP contribution in [-0.2, 0) is 14.3 Å². The lowest BCUT2D eigenvalue weighted by Crippen LogP contribution is -2.33. The lowest BCUT2D eigenvalue weighted by Gasteiger charge is -2.29. The molecule has 3 atom stereocenters. The Labute approximate surface area is 111 Å². The Balaban J connectivity index is 2.10. The Morgan fingerprint density at radius 3 is 2.50 bits per heavy atom. The Hall–Kier alpha value is -1.32. The van der Waals surface area contributed by atoms with Crippen LogP contribution in [0.4, 0.5) is 0 Å². The number of hydrogen-bond donors (Lipinski definition) is 0. The van der Waals surface area contributed by atoms with Gasteiger partial charge < -0.3 is 9.47 Å². The van der Waals surface area contributed by atoms with Gasteiger partial charge in [0.25, 0.3) is 0 Å². The van der Waals surface area contributed by atoms with Crippen molar-refractivity contribution in [2.45, 2.75) is 32.2 Å². The largest absolute Gasteiger partial charge is 0.456 e. The predicted molar refractivity (Wildman–Crippen MR) is 69.4 cm³/mol. The molecular weight excluding hydrogens is 252 g/mol. The van der Waals surface area contributed by atoms with E-state index >= 15 is 0 Å². The minimum Gasteiger partial charge on any atom is -0.456 e. The third-order valence-electron chi connectivity index (χ3n) is 2.80. The molecule has 1 heterocycles. The molecule has 3 nitrogen and oxygen atoms in total. The molecule has 0 spiro atoms. The summed E-state index contributed by atoms with van der Waals surface area (Å²) in [5.74, 6) is -0.301. The lowest BCUT2D eigenvalue weighted by atomic mass is 10.0. The third-order valence-corrected chi connectivity index (χ3v) is 3.05. The summed E-state index contributed by atoms with van der Waals surface area (Å²) in [6, 6.07) is 7.51. The van der Waals surface area contributed by atoms with E-state index in [0.717, 1.165) is 5.56 Å². The van der Waals surface area contributed by atoms with Gasteiger partial charge in [0, 0.05) is 11.9 Å². The number of benzene rings is 1. The fourth-order valence-corrected chi connectivity index (χ4v) is 2.02. The van der Waals surface area contributed by atoms with E-state index in [2.05, 4.69) is 0 Å². The number of ether oxygens (including phenoxy) is 2. The molecule has 18 heavy (non-hydrogen) atoms. The molecule has 0 unspecified atom stereocenters. The minimum absolute atomic E-state index is 0.121. The quantitative estimate of drug-likeness (QED) is 0.609. The smallest absolute Gasteiger partial charge is 0.303 e. The van der Waals surface area contributed by atoms with Crippen molar-refractivity contribution in [2.75, 3.05) is 0 Å². The van der Waals surface area contributed by atoms with Crippen LogP contribution in [0.5, 0.6) is 0 Å². The minimum atomic E-state index is -0.314. The van der Waals surface area contributed by atoms with Crippen molar-refractivity contribution in [3.05, 3.63) is 47.0 Å². The van der Waals surface area contributed by atoms with Gasteiger partial charge in [0.2, 0.25) is 0 Å². The molecule has 1 aliphatic rings. The van der Waals surface area contributed by atoms with Crippen LogP contribution in [0.1, 0.15) is 25.5 Å². The van der Waals surface area contributed by atoms with Gasteiger partial charge in [0.15, 0.2) is 0 Å². The van der Waals surface area contributed by atoms with Gasteiger partial charge in [-0.05, 0) is 30.7 Å². The molecule has 0 amide bonds. The highest BCUT2D eigenvalue weighted by Crippen LogP contribution is 2.28. The van der Waals surface area contributed by atoms with Gasteiger partial charge in [-0.1, -0.05) is 29.8 Å². The molecule has 0 saturated heterocycles. The van der Waals surface area contributed by atoms with Crippen molar-refractivity contribution in [3.8, 4) is 0 Å². The van der Waals surface area contributed by atoms with E-state index in [1.807, 2.05) is 43.3 Å². The summed E-state index contributed by atoms with van der Waals surface area (Å²) in [5, 5.41) is 0.698. The van der Waals surface area contributed by atoms with E-state index in [1.54, 1.807) is 0 Å². The molecule has 1 aromatic rings. The van der Waals surface area contributed by atoms with Crippen molar-refractivity contribution in [3.63, 3.8) is 0 Å². The van der Waals surface area contributed by atoms with E-state index in [4.69, 9.17) is 21.1 Å². The molecule has 2 rings (SSSR count). The highest BCUT2D eigenvalue weighted by molar-refractivity contribution is 6.30. The van der Waals surface area contributed by atoms with Crippen molar-refractivity contribution < 1.29 is 14.3 Å². The van der Waals surface area contributed by atoms with E-state index in [1.165, 1.54) is 6.92 Å². The van der Waals surface area contributed by atoms with E-state index in [-0.39, 0.29) is 24.3 Å². The average Bonchev–Trinajstić information content (AvgIpc) is 2.32. The Bertz CT molecular complexity index is 453. The predicted octanol–water partition coefficient (Wildman–Crippen LogP) is 3.29. The summed E-state index contributed by atoms with van der Waals surface area (Å²) in [6.45, 7) is 3.28. The number of halogens is 1. The first-order valence-electron chi connectivity index (χ1n) is 5.83. The van der Waals surface area contributed by atoms with Crippen LogP contribution in [0.25, 0.3) is 0 Å². The van der Waals surface area contributed by atoms with Crippen molar-refractivity contribution in [1.29, 1.82) is 0 Å². The Morgan fingerprint density at radius 2 is 1.94 bits per heavy atom. The van der Waals surface area contributed by atoms with Crippen LogP contribution in [0.3, 0.4) is 0 Å². The van der Waals surface area contributed by atoms with E-state index in [0.29, 0.717) is 5.02 Å². The van der Waals surface area contributed by atoms with Gasteiger partial charge in [0.1, 0.15) is 12.2 Å². The zero-order chi connectivity index (χ0) is 13.1. The summed E-state index contributed by atoms with van der Waals surface area (Å²) in [5.41, 5.74) is 1.03. The van der Waals surface area contributed by atoms with Crippen molar-refractivity contribution in [1.82, 2.24) is 0 Å². The molecule has 0 aromatic heterocycles. The van der Waals surface area contributed by atoms with Gasteiger partial charge in [0.05, 0.1) is 6.10 Å². The van der Waals surface area contributed by atoms with Gasteiger partial charge in [-0.2, -0.15) is 0 Å². The molecule has 0 bridgehead atoms. The highest BCUT2D eigenvalue weighted by atomic mass is 35.5. The van der Waals surface area contributed by atoms with Crippen molar-refractivity contribution in [2.24, 2.45) is 0 Å². The summed E-state index contributed by atoms with van der Waals surface area (Å²) in [7, 11) is 0. The van der Waals surface area contributed by atoms with Crippen LogP contribution in [0.15, 0.2) is 36.4 Å². The van der Waals surface area contributed by atoms with Gasteiger partial charge in [-0.25, -0.2) is 0 Å². The first-order chi connectivity index (χ1) is 8.56. The topological polar surface area (TPSA) is 35.5 Å². The fourth-order valence-electron chi connectivity index (χ4n) is 1.89. The molecule has 0 radical (unpaired) electrons. The fraction of sp³-hybridized carbons (Fsp3) is 0.357. The molecular formula is C14H15ClO3. The monoisotopic (exact) mass is 266 g/mol. The molecule has 96 valence electrons. The maximum atomic E-state index is 10.9. The maximum absolute atomic E-state index is 10.9. The van der Waals surface area contributed by atoms with Gasteiger partial charge in [-0.3, -0.25) is 4.79 Å². The molecule has 1 aromatic carbocycles. The standard InChI is InChI=1S/C14H15ClO3/c1-9-13(18-10(2)16)7-8-14(17-9)11-3-5-12(15)6-4-11/h3-9,13-14H,1-2H3/t9-,13+,14+/m0/s1. The van der Waals surface area contributed by atoms with Crippen LogP contribution in [0.2, 0.25) is 5.02 Å². The summed E-state index contributed by atoms with van der Waals surface area (Å²) < 4.78 is 11.0. The number of hydrogen-bond acceptors (Lipinski definition) is 3. The maximum Gasteiger partial charge on any atom is 0.303 e. The number of carbonyl (C=O) groups is 1. The molecule has 1 aliphatic heterocycles. The normalized spacial score (nSPS) is 26.9. The van der Waals surface area contributed by atoms with Crippen LogP contribution >= 0.6 is 11.6 Å². The second kappa shape index (κ2) is 5.55. The SMILES string of the molecule is CC(=O)O[C@@H]1C=C[C@H](c2ccc(Cl)cc2)O[C@H]1C. The number of esters is 1. The first kappa shape index (κ1) is 13.1. The second-order valence-corrected chi connectivity index (χ2v) is 4.71. The van der Waals surface area contributed by atoms with E-state index < -0.39 is 0 Å². The zero-order valence-corrected chi connectivity index (χ0v) is 11.1. The van der Waals surface area contributed by atoms with Crippen LogP contribution < -0.4 is 0 Å². The average molecular weight is 267 g/mol. The Kier molecular flexibility index (Phi) is 4.04. The number of carbonyl (C=O) groups excluding carboxylic acids is 1. The zero-order valence-electron chi connectivity index (χ0n) is 10.3. The summed E-state index contributed by atoms with van der Waals surface area (Å²) in [4.78, 5) is 10.9. The molecule has 4 heteroatoms. The van der Waals surface area contributed by atoms with Gasteiger partial charge in [-0.15, -0.1) is 0 Å². The summed E-state index contributed by atoms with van der Waals surface area (Å²) >= 11 is 5.84. The Morgan fingerprint density at radius 1 is 1.28 bits per heavy atom. The third kappa shape index (κ3) is 3.12. The molecule has 0 saturated carbocycles. The molecule has 0 fully saturated rings. The van der Waals surface area contributed by atoms with Crippen LogP contribution in [-0.4, -0.2) is 18.2 Å². The van der Waals surface area contributed by atoms with Crippen molar-refractivity contribution >= 4 is 17.6 Å². The van der Waals surface area contributed by atoms with Gasteiger partial charge >= 0.3 is 5.97 Å². The number of rotatable bonds is 2. The van der Waals surface area contributed by atoms with E-state index in [9.17, 15) is 4.79 Å². The highest BCUT2D eigenvalue weighted by Gasteiger charge is 2.26. The second-order valence-electron chi connectivity index (χ2n) is 4.27. The van der Waals surface area contributed by atoms with Crippen LogP contribution in [0, 0.1) is 0 Å². The summed E-state index contributed by atoms with van der Waals surface area (Å²) in [6.07, 6.45) is 3.17. The molecule has 0 N–H and O–H groups in total.